The monoisotopic (exact) mass is 206 g/mol. The van der Waals surface area contributed by atoms with Crippen molar-refractivity contribution in [3.8, 4) is 0 Å². The molecule has 1 aromatic rings. The molecule has 0 saturated carbocycles. The van der Waals surface area contributed by atoms with Crippen LogP contribution in [0.15, 0.2) is 29.7 Å². The standard InChI is InChI=1S/C11H14N2S/c1-8-13-11(7-14-8)10-4-2-9(6-12)3-5-10/h2-5,7-8,13H,6,12H2,1H3. The maximum Gasteiger partial charge on any atom is 0.0735 e. The molecule has 0 radical (unpaired) electrons. The summed E-state index contributed by atoms with van der Waals surface area (Å²) in [6.45, 7) is 2.76. The Hall–Kier alpha value is -0.930. The van der Waals surface area contributed by atoms with Crippen molar-refractivity contribution in [3.05, 3.63) is 40.8 Å². The highest BCUT2D eigenvalue weighted by atomic mass is 32.2. The van der Waals surface area contributed by atoms with Gasteiger partial charge in [-0.2, -0.15) is 0 Å². The van der Waals surface area contributed by atoms with Crippen molar-refractivity contribution in [2.24, 2.45) is 5.73 Å². The summed E-state index contributed by atoms with van der Waals surface area (Å²) >= 11 is 1.81. The lowest BCUT2D eigenvalue weighted by Crippen LogP contribution is -2.15. The Morgan fingerprint density at radius 1 is 1.36 bits per heavy atom. The van der Waals surface area contributed by atoms with Crippen LogP contribution in [-0.4, -0.2) is 5.37 Å². The highest BCUT2D eigenvalue weighted by Crippen LogP contribution is 2.26. The summed E-state index contributed by atoms with van der Waals surface area (Å²) in [6.07, 6.45) is 0. The van der Waals surface area contributed by atoms with Crippen LogP contribution < -0.4 is 11.1 Å². The first-order valence-electron chi connectivity index (χ1n) is 4.71. The number of benzene rings is 1. The van der Waals surface area contributed by atoms with Crippen molar-refractivity contribution >= 4 is 17.5 Å². The molecule has 0 amide bonds. The molecule has 0 spiro atoms. The number of hydrogen-bond acceptors (Lipinski definition) is 3. The second-order valence-corrected chi connectivity index (χ2v) is 4.57. The van der Waals surface area contributed by atoms with Gasteiger partial charge in [-0.3, -0.25) is 0 Å². The number of nitrogens with two attached hydrogens (primary N) is 1. The molecule has 0 aromatic heterocycles. The zero-order chi connectivity index (χ0) is 9.97. The lowest BCUT2D eigenvalue weighted by atomic mass is 10.1. The molecule has 74 valence electrons. The van der Waals surface area contributed by atoms with Gasteiger partial charge in [-0.1, -0.05) is 24.3 Å². The van der Waals surface area contributed by atoms with E-state index in [0.29, 0.717) is 11.9 Å². The van der Waals surface area contributed by atoms with Gasteiger partial charge in [0.25, 0.3) is 0 Å². The van der Waals surface area contributed by atoms with E-state index in [1.807, 2.05) is 11.8 Å². The number of hydrogen-bond donors (Lipinski definition) is 2. The molecule has 1 heterocycles. The van der Waals surface area contributed by atoms with Crippen molar-refractivity contribution in [2.75, 3.05) is 0 Å². The molecule has 1 aromatic carbocycles. The van der Waals surface area contributed by atoms with E-state index in [9.17, 15) is 0 Å². The third-order valence-corrected chi connectivity index (χ3v) is 3.15. The summed E-state index contributed by atoms with van der Waals surface area (Å²) in [5, 5.41) is 6.05. The maximum atomic E-state index is 5.54. The van der Waals surface area contributed by atoms with Gasteiger partial charge >= 0.3 is 0 Å². The highest BCUT2D eigenvalue weighted by molar-refractivity contribution is 8.03. The van der Waals surface area contributed by atoms with E-state index in [1.165, 1.54) is 16.8 Å². The molecule has 2 nitrogen and oxygen atoms in total. The van der Waals surface area contributed by atoms with Crippen LogP contribution in [0.2, 0.25) is 0 Å². The lowest BCUT2D eigenvalue weighted by molar-refractivity contribution is 0.891. The molecule has 14 heavy (non-hydrogen) atoms. The molecule has 1 aliphatic rings. The minimum absolute atomic E-state index is 0.485. The largest absolute Gasteiger partial charge is 0.372 e. The Labute approximate surface area is 88.6 Å². The summed E-state index contributed by atoms with van der Waals surface area (Å²) < 4.78 is 0. The van der Waals surface area contributed by atoms with Gasteiger partial charge in [-0.15, -0.1) is 11.8 Å². The first kappa shape index (κ1) is 9.62. The smallest absolute Gasteiger partial charge is 0.0735 e. The van der Waals surface area contributed by atoms with Crippen LogP contribution in [0.4, 0.5) is 0 Å². The quantitative estimate of drug-likeness (QED) is 0.778. The summed E-state index contributed by atoms with van der Waals surface area (Å²) in [7, 11) is 0. The molecule has 3 heteroatoms. The second-order valence-electron chi connectivity index (χ2n) is 3.36. The van der Waals surface area contributed by atoms with Crippen LogP contribution in [0.3, 0.4) is 0 Å². The van der Waals surface area contributed by atoms with Crippen molar-refractivity contribution in [1.82, 2.24) is 5.32 Å². The predicted molar refractivity (Wildman–Crippen MR) is 62.5 cm³/mol. The van der Waals surface area contributed by atoms with Crippen molar-refractivity contribution in [1.29, 1.82) is 0 Å². The van der Waals surface area contributed by atoms with E-state index < -0.39 is 0 Å². The fraction of sp³-hybridized carbons (Fsp3) is 0.273. The average Bonchev–Trinajstić information content (AvgIpc) is 2.65. The van der Waals surface area contributed by atoms with E-state index in [4.69, 9.17) is 5.73 Å². The predicted octanol–water partition coefficient (Wildman–Crippen LogP) is 2.13. The van der Waals surface area contributed by atoms with Crippen LogP contribution in [0.1, 0.15) is 18.1 Å². The van der Waals surface area contributed by atoms with Gasteiger partial charge in [0, 0.05) is 12.2 Å². The first-order valence-corrected chi connectivity index (χ1v) is 5.65. The molecule has 1 unspecified atom stereocenters. The number of rotatable bonds is 2. The molecular formula is C11H14N2S. The lowest BCUT2D eigenvalue weighted by Gasteiger charge is -2.07. The van der Waals surface area contributed by atoms with Gasteiger partial charge in [0.15, 0.2) is 0 Å². The zero-order valence-corrected chi connectivity index (χ0v) is 8.97. The normalized spacial score (nSPS) is 20.4. The first-order chi connectivity index (χ1) is 6.79. The van der Waals surface area contributed by atoms with Gasteiger partial charge in [0.1, 0.15) is 0 Å². The topological polar surface area (TPSA) is 38.0 Å². The van der Waals surface area contributed by atoms with Crippen LogP contribution in [0.5, 0.6) is 0 Å². The Kier molecular flexibility index (Phi) is 2.79. The van der Waals surface area contributed by atoms with E-state index >= 15 is 0 Å². The van der Waals surface area contributed by atoms with Gasteiger partial charge in [-0.05, 0) is 23.5 Å². The Morgan fingerprint density at radius 2 is 2.07 bits per heavy atom. The highest BCUT2D eigenvalue weighted by Gasteiger charge is 2.12. The van der Waals surface area contributed by atoms with Crippen LogP contribution in [0.25, 0.3) is 5.70 Å². The average molecular weight is 206 g/mol. The van der Waals surface area contributed by atoms with Crippen LogP contribution in [-0.2, 0) is 6.54 Å². The fourth-order valence-electron chi connectivity index (χ4n) is 1.43. The Morgan fingerprint density at radius 3 is 2.57 bits per heavy atom. The van der Waals surface area contributed by atoms with Gasteiger partial charge in [-0.25, -0.2) is 0 Å². The molecule has 3 N–H and O–H groups in total. The van der Waals surface area contributed by atoms with Gasteiger partial charge in [0.05, 0.1) is 5.37 Å². The van der Waals surface area contributed by atoms with Gasteiger partial charge < -0.3 is 11.1 Å². The van der Waals surface area contributed by atoms with E-state index in [2.05, 4.69) is 41.9 Å². The Bertz CT molecular complexity index is 343. The fourth-order valence-corrected chi connectivity index (χ4v) is 2.17. The molecule has 0 fully saturated rings. The summed E-state index contributed by atoms with van der Waals surface area (Å²) in [6, 6.07) is 8.37. The van der Waals surface area contributed by atoms with E-state index in [0.717, 1.165) is 0 Å². The Balaban J connectivity index is 2.17. The van der Waals surface area contributed by atoms with Crippen LogP contribution >= 0.6 is 11.8 Å². The van der Waals surface area contributed by atoms with Crippen LogP contribution in [0, 0.1) is 0 Å². The SMILES string of the molecule is CC1NC(c2ccc(CN)cc2)=CS1. The maximum absolute atomic E-state index is 5.54. The summed E-state index contributed by atoms with van der Waals surface area (Å²) in [4.78, 5) is 0. The second kappa shape index (κ2) is 4.07. The summed E-state index contributed by atoms with van der Waals surface area (Å²) in [5.74, 6) is 0. The van der Waals surface area contributed by atoms with Gasteiger partial charge in [0.2, 0.25) is 0 Å². The third-order valence-electron chi connectivity index (χ3n) is 2.25. The summed E-state index contributed by atoms with van der Waals surface area (Å²) in [5.41, 5.74) is 9.16. The molecule has 2 rings (SSSR count). The molecule has 1 atom stereocenters. The number of thioether (sulfide) groups is 1. The molecule has 1 aliphatic heterocycles. The third kappa shape index (κ3) is 1.94. The van der Waals surface area contributed by atoms with Crippen molar-refractivity contribution in [3.63, 3.8) is 0 Å². The van der Waals surface area contributed by atoms with Crippen molar-refractivity contribution < 1.29 is 0 Å². The molecule has 0 saturated heterocycles. The van der Waals surface area contributed by atoms with Crippen molar-refractivity contribution in [2.45, 2.75) is 18.8 Å². The molecule has 0 bridgehead atoms. The molecular weight excluding hydrogens is 192 g/mol. The van der Waals surface area contributed by atoms with E-state index in [-0.39, 0.29) is 0 Å². The van der Waals surface area contributed by atoms with E-state index in [1.54, 1.807) is 0 Å². The number of nitrogens with one attached hydrogen (secondary N) is 1. The zero-order valence-electron chi connectivity index (χ0n) is 8.16. The minimum Gasteiger partial charge on any atom is -0.372 e. The molecule has 0 aliphatic carbocycles. The minimum atomic E-state index is 0.485.